The number of piperazine rings is 1. The molecule has 1 atom stereocenters. The summed E-state index contributed by atoms with van der Waals surface area (Å²) >= 11 is 6.03. The molecule has 114 valence electrons. The van der Waals surface area contributed by atoms with Crippen LogP contribution in [0.1, 0.15) is 27.5 Å². The number of hydrogen-bond acceptors (Lipinski definition) is 3. The number of nitrogens with zero attached hydrogens (tertiary/aromatic N) is 2. The number of rotatable bonds is 2. The third-order valence-corrected chi connectivity index (χ3v) is 4.38. The second kappa shape index (κ2) is 6.46. The topological polar surface area (TPSA) is 45.2 Å². The van der Waals surface area contributed by atoms with Crippen LogP contribution in [-0.4, -0.2) is 35.4 Å². The van der Waals surface area contributed by atoms with Gasteiger partial charge >= 0.3 is 0 Å². The molecule has 0 radical (unpaired) electrons. The van der Waals surface area contributed by atoms with Crippen molar-refractivity contribution in [3.8, 4) is 0 Å². The molecule has 2 aromatic rings. The first-order valence-electron chi connectivity index (χ1n) is 7.34. The molecule has 2 heterocycles. The van der Waals surface area contributed by atoms with Crippen molar-refractivity contribution >= 4 is 17.5 Å². The van der Waals surface area contributed by atoms with Gasteiger partial charge in [-0.15, -0.1) is 0 Å². The van der Waals surface area contributed by atoms with Gasteiger partial charge in [-0.3, -0.25) is 9.78 Å². The summed E-state index contributed by atoms with van der Waals surface area (Å²) < 4.78 is 0. The van der Waals surface area contributed by atoms with E-state index in [0.29, 0.717) is 23.7 Å². The van der Waals surface area contributed by atoms with E-state index in [1.165, 1.54) is 0 Å². The zero-order chi connectivity index (χ0) is 15.5. The minimum Gasteiger partial charge on any atom is -0.335 e. The molecule has 0 bridgehead atoms. The first kappa shape index (κ1) is 15.0. The van der Waals surface area contributed by atoms with Gasteiger partial charge < -0.3 is 10.2 Å². The second-order valence-electron chi connectivity index (χ2n) is 5.51. The molecule has 3 rings (SSSR count). The molecule has 0 unspecified atom stereocenters. The molecular weight excluding hydrogens is 298 g/mol. The fourth-order valence-corrected chi connectivity index (χ4v) is 2.82. The van der Waals surface area contributed by atoms with E-state index in [4.69, 9.17) is 11.6 Å². The van der Waals surface area contributed by atoms with Gasteiger partial charge in [0.2, 0.25) is 0 Å². The van der Waals surface area contributed by atoms with E-state index < -0.39 is 0 Å². The normalized spacial score (nSPS) is 18.3. The number of benzene rings is 1. The molecule has 0 spiro atoms. The van der Waals surface area contributed by atoms with Gasteiger partial charge in [0.1, 0.15) is 0 Å². The molecule has 1 saturated heterocycles. The largest absolute Gasteiger partial charge is 0.335 e. The number of pyridine rings is 1. The maximum absolute atomic E-state index is 12.7. The fourth-order valence-electron chi connectivity index (χ4n) is 2.70. The average Bonchev–Trinajstić information content (AvgIpc) is 2.57. The predicted octanol–water partition coefficient (Wildman–Crippen LogP) is 2.83. The molecule has 4 nitrogen and oxygen atoms in total. The fraction of sp³-hybridized carbons (Fsp3) is 0.294. The first-order valence-corrected chi connectivity index (χ1v) is 7.71. The van der Waals surface area contributed by atoms with Crippen LogP contribution in [0, 0.1) is 6.92 Å². The summed E-state index contributed by atoms with van der Waals surface area (Å²) in [4.78, 5) is 18.7. The van der Waals surface area contributed by atoms with E-state index in [9.17, 15) is 4.79 Å². The molecule has 1 aromatic carbocycles. The smallest absolute Gasteiger partial charge is 0.253 e. The van der Waals surface area contributed by atoms with Crippen LogP contribution in [0.25, 0.3) is 0 Å². The Labute approximate surface area is 135 Å². The zero-order valence-electron chi connectivity index (χ0n) is 12.4. The van der Waals surface area contributed by atoms with Crippen molar-refractivity contribution in [2.75, 3.05) is 19.6 Å². The van der Waals surface area contributed by atoms with E-state index in [2.05, 4.69) is 10.3 Å². The average molecular weight is 316 g/mol. The lowest BCUT2D eigenvalue weighted by Gasteiger charge is -2.34. The Balaban J connectivity index is 1.76. The van der Waals surface area contributed by atoms with Gasteiger partial charge in [0.15, 0.2) is 0 Å². The van der Waals surface area contributed by atoms with Crippen LogP contribution in [0.3, 0.4) is 0 Å². The Hall–Kier alpha value is -1.91. The van der Waals surface area contributed by atoms with Crippen LogP contribution in [0.5, 0.6) is 0 Å². The maximum atomic E-state index is 12.7. The third kappa shape index (κ3) is 3.13. The monoisotopic (exact) mass is 315 g/mol. The van der Waals surface area contributed by atoms with Gasteiger partial charge in [0.05, 0.1) is 6.04 Å². The molecule has 1 aromatic heterocycles. The lowest BCUT2D eigenvalue weighted by molar-refractivity contribution is 0.0702. The molecule has 1 N–H and O–H groups in total. The molecule has 1 aliphatic rings. The second-order valence-corrected chi connectivity index (χ2v) is 5.92. The number of nitrogens with one attached hydrogen (secondary N) is 1. The van der Waals surface area contributed by atoms with Crippen molar-refractivity contribution in [3.05, 3.63) is 64.4 Å². The highest BCUT2D eigenvalue weighted by atomic mass is 35.5. The Morgan fingerprint density at radius 2 is 2.27 bits per heavy atom. The summed E-state index contributed by atoms with van der Waals surface area (Å²) in [6.45, 7) is 4.04. The molecule has 1 aliphatic heterocycles. The molecule has 1 fully saturated rings. The number of aryl methyl sites for hydroxylation is 1. The van der Waals surface area contributed by atoms with Crippen molar-refractivity contribution in [1.29, 1.82) is 0 Å². The number of carbonyl (C=O) groups is 1. The number of aromatic nitrogens is 1. The van der Waals surface area contributed by atoms with Crippen LogP contribution in [0.4, 0.5) is 0 Å². The third-order valence-electron chi connectivity index (χ3n) is 3.95. The molecule has 1 amide bonds. The van der Waals surface area contributed by atoms with Gasteiger partial charge in [0, 0.05) is 42.6 Å². The standard InChI is InChI=1S/C17H18ClN3O/c1-12-9-13(4-5-15(12)18)17(22)21-8-7-20-16(11-21)14-3-2-6-19-10-14/h2-6,9-10,16,20H,7-8,11H2,1H3/t16-/m1/s1. The van der Waals surface area contributed by atoms with Gasteiger partial charge in [-0.2, -0.15) is 0 Å². The highest BCUT2D eigenvalue weighted by molar-refractivity contribution is 6.31. The molecule has 22 heavy (non-hydrogen) atoms. The minimum absolute atomic E-state index is 0.0511. The van der Waals surface area contributed by atoms with E-state index in [1.807, 2.05) is 36.2 Å². The summed E-state index contributed by atoms with van der Waals surface area (Å²) in [5.74, 6) is 0.0511. The highest BCUT2D eigenvalue weighted by Gasteiger charge is 2.25. The van der Waals surface area contributed by atoms with Crippen LogP contribution < -0.4 is 5.32 Å². The van der Waals surface area contributed by atoms with Crippen LogP contribution in [0.2, 0.25) is 5.02 Å². The van der Waals surface area contributed by atoms with Gasteiger partial charge in [-0.05, 0) is 42.3 Å². The van der Waals surface area contributed by atoms with Crippen LogP contribution in [0.15, 0.2) is 42.7 Å². The van der Waals surface area contributed by atoms with Gasteiger partial charge in [-0.1, -0.05) is 17.7 Å². The van der Waals surface area contributed by atoms with Crippen LogP contribution >= 0.6 is 11.6 Å². The van der Waals surface area contributed by atoms with Crippen molar-refractivity contribution in [2.24, 2.45) is 0 Å². The summed E-state index contributed by atoms with van der Waals surface area (Å²) in [7, 11) is 0. The zero-order valence-corrected chi connectivity index (χ0v) is 13.2. The number of halogens is 1. The lowest BCUT2D eigenvalue weighted by atomic mass is 10.1. The minimum atomic E-state index is 0.0511. The Kier molecular flexibility index (Phi) is 4.41. The summed E-state index contributed by atoms with van der Waals surface area (Å²) in [5, 5.41) is 4.12. The number of hydrogen-bond donors (Lipinski definition) is 1. The summed E-state index contributed by atoms with van der Waals surface area (Å²) in [6, 6.07) is 9.50. The van der Waals surface area contributed by atoms with E-state index >= 15 is 0 Å². The summed E-state index contributed by atoms with van der Waals surface area (Å²) in [5.41, 5.74) is 2.72. The Morgan fingerprint density at radius 1 is 1.41 bits per heavy atom. The van der Waals surface area contributed by atoms with E-state index in [-0.39, 0.29) is 11.9 Å². The van der Waals surface area contributed by atoms with E-state index in [1.54, 1.807) is 18.3 Å². The van der Waals surface area contributed by atoms with Crippen LogP contribution in [-0.2, 0) is 0 Å². The lowest BCUT2D eigenvalue weighted by Crippen LogP contribution is -2.48. The summed E-state index contributed by atoms with van der Waals surface area (Å²) in [6.07, 6.45) is 3.60. The SMILES string of the molecule is Cc1cc(C(=O)N2CCN[C@@H](c3cccnc3)C2)ccc1Cl. The van der Waals surface area contributed by atoms with Gasteiger partial charge in [0.25, 0.3) is 5.91 Å². The highest BCUT2D eigenvalue weighted by Crippen LogP contribution is 2.20. The molecular formula is C17H18ClN3O. The van der Waals surface area contributed by atoms with Crippen molar-refractivity contribution in [2.45, 2.75) is 13.0 Å². The van der Waals surface area contributed by atoms with Crippen molar-refractivity contribution in [3.63, 3.8) is 0 Å². The molecule has 0 saturated carbocycles. The number of amides is 1. The van der Waals surface area contributed by atoms with Crippen molar-refractivity contribution in [1.82, 2.24) is 15.2 Å². The van der Waals surface area contributed by atoms with Crippen molar-refractivity contribution < 1.29 is 4.79 Å². The Morgan fingerprint density at radius 3 is 3.00 bits per heavy atom. The Bertz CT molecular complexity index is 675. The van der Waals surface area contributed by atoms with Gasteiger partial charge in [-0.25, -0.2) is 0 Å². The quantitative estimate of drug-likeness (QED) is 0.927. The molecule has 0 aliphatic carbocycles. The molecule has 5 heteroatoms. The first-order chi connectivity index (χ1) is 10.6. The van der Waals surface area contributed by atoms with E-state index in [0.717, 1.165) is 17.7 Å². The number of carbonyl (C=O) groups excluding carboxylic acids is 1. The maximum Gasteiger partial charge on any atom is 0.253 e. The predicted molar refractivity (Wildman–Crippen MR) is 87.1 cm³/mol.